The molecule has 41 heavy (non-hydrogen) atoms. The minimum Gasteiger partial charge on any atom is -0.345 e. The molecule has 5 rings (SSSR count). The number of aryl methyl sites for hydroxylation is 2. The summed E-state index contributed by atoms with van der Waals surface area (Å²) in [4.78, 5) is 19.4. The number of nitrogens with zero attached hydrogens (tertiary/aromatic N) is 4. The third kappa shape index (κ3) is 6.53. The molecule has 0 bridgehead atoms. The second-order valence-corrected chi connectivity index (χ2v) is 10.9. The van der Waals surface area contributed by atoms with Gasteiger partial charge in [0, 0.05) is 32.2 Å². The first-order chi connectivity index (χ1) is 19.4. The van der Waals surface area contributed by atoms with E-state index in [2.05, 4.69) is 53.0 Å². The molecule has 0 saturated carbocycles. The van der Waals surface area contributed by atoms with Gasteiger partial charge in [0.05, 0.1) is 25.2 Å². The molecule has 7 nitrogen and oxygen atoms in total. The molecule has 4 aromatic rings. The van der Waals surface area contributed by atoms with Crippen LogP contribution < -0.4 is 11.1 Å². The summed E-state index contributed by atoms with van der Waals surface area (Å²) >= 11 is 7.86. The summed E-state index contributed by atoms with van der Waals surface area (Å²) in [7, 11) is 0. The summed E-state index contributed by atoms with van der Waals surface area (Å²) in [6, 6.07) is 14.7. The highest BCUT2D eigenvalue weighted by Crippen LogP contribution is 2.39. The van der Waals surface area contributed by atoms with E-state index in [1.165, 1.54) is 4.88 Å². The number of halogens is 2. The number of hydrogen-bond donors (Lipinski definition) is 2. The maximum atomic E-state index is 13.1. The van der Waals surface area contributed by atoms with E-state index in [9.17, 15) is 4.79 Å². The van der Waals surface area contributed by atoms with Crippen molar-refractivity contribution in [1.29, 1.82) is 0 Å². The van der Waals surface area contributed by atoms with Gasteiger partial charge in [0.2, 0.25) is 5.91 Å². The van der Waals surface area contributed by atoms with E-state index in [-0.39, 0.29) is 31.3 Å². The van der Waals surface area contributed by atoms with Crippen LogP contribution in [0.3, 0.4) is 0 Å². The van der Waals surface area contributed by atoms with Crippen molar-refractivity contribution >= 4 is 47.0 Å². The van der Waals surface area contributed by atoms with Gasteiger partial charge in [0.15, 0.2) is 5.82 Å². The molecule has 0 radical (unpaired) electrons. The number of amides is 1. The molecule has 3 heterocycles. The summed E-state index contributed by atoms with van der Waals surface area (Å²) in [6.07, 6.45) is 0.110. The second kappa shape index (κ2) is 13.2. The Hall–Kier alpha value is -3.92. The van der Waals surface area contributed by atoms with Crippen LogP contribution in [0.1, 0.15) is 56.8 Å². The summed E-state index contributed by atoms with van der Waals surface area (Å²) in [5.41, 5.74) is 11.1. The van der Waals surface area contributed by atoms with Crippen LogP contribution in [0.25, 0.3) is 5.00 Å². The van der Waals surface area contributed by atoms with Gasteiger partial charge in [-0.1, -0.05) is 47.4 Å². The van der Waals surface area contributed by atoms with Crippen molar-refractivity contribution < 1.29 is 4.79 Å². The number of aromatic nitrogens is 3. The Labute approximate surface area is 254 Å². The molecule has 1 atom stereocenters. The van der Waals surface area contributed by atoms with E-state index in [1.54, 1.807) is 11.3 Å². The van der Waals surface area contributed by atoms with Crippen LogP contribution in [-0.2, 0) is 4.79 Å². The Morgan fingerprint density at radius 3 is 2.34 bits per heavy atom. The average Bonchev–Trinajstić information content (AvgIpc) is 3.43. The smallest absolute Gasteiger partial charge is 0.223 e. The average molecular weight is 604 g/mol. The lowest BCUT2D eigenvalue weighted by Crippen LogP contribution is -2.25. The topological polar surface area (TPSA) is 98.2 Å². The van der Waals surface area contributed by atoms with E-state index < -0.39 is 6.04 Å². The fourth-order valence-corrected chi connectivity index (χ4v) is 5.80. The molecule has 1 aliphatic rings. The van der Waals surface area contributed by atoms with Gasteiger partial charge in [-0.15, -0.1) is 33.9 Å². The number of aliphatic imine (C=N–C) groups is 1. The Bertz CT molecular complexity index is 1730. The van der Waals surface area contributed by atoms with Crippen molar-refractivity contribution in [3.63, 3.8) is 0 Å². The summed E-state index contributed by atoms with van der Waals surface area (Å²) in [5.74, 6) is 13.1. The minimum atomic E-state index is -0.527. The molecule has 208 valence electrons. The van der Waals surface area contributed by atoms with Crippen LogP contribution in [0.4, 0.5) is 0 Å². The third-order valence-electron chi connectivity index (χ3n) is 6.56. The predicted molar refractivity (Wildman–Crippen MR) is 167 cm³/mol. The lowest BCUT2D eigenvalue weighted by atomic mass is 9.99. The Morgan fingerprint density at radius 2 is 1.68 bits per heavy atom. The predicted octanol–water partition coefficient (Wildman–Crippen LogP) is 5.09. The van der Waals surface area contributed by atoms with Crippen LogP contribution >= 0.6 is 35.3 Å². The molecule has 2 aromatic heterocycles. The highest BCUT2D eigenvalue weighted by molar-refractivity contribution is 7.15. The van der Waals surface area contributed by atoms with Crippen molar-refractivity contribution in [1.82, 2.24) is 20.1 Å². The second-order valence-electron chi connectivity index (χ2n) is 9.27. The number of nitrogens with one attached hydrogen (secondary N) is 1. The molecule has 1 aliphatic heterocycles. The van der Waals surface area contributed by atoms with Gasteiger partial charge in [-0.25, -0.2) is 0 Å². The van der Waals surface area contributed by atoms with E-state index in [0.717, 1.165) is 44.4 Å². The molecule has 0 saturated heterocycles. The molecule has 0 unspecified atom stereocenters. The largest absolute Gasteiger partial charge is 0.345 e. The number of hydrogen-bond acceptors (Lipinski definition) is 6. The zero-order valence-corrected chi connectivity index (χ0v) is 25.2. The van der Waals surface area contributed by atoms with Crippen molar-refractivity contribution in [3.05, 3.63) is 97.9 Å². The van der Waals surface area contributed by atoms with Gasteiger partial charge < -0.3 is 11.1 Å². The van der Waals surface area contributed by atoms with Gasteiger partial charge in [0.1, 0.15) is 16.9 Å². The number of thiophene rings is 1. The van der Waals surface area contributed by atoms with E-state index in [0.29, 0.717) is 17.4 Å². The van der Waals surface area contributed by atoms with Gasteiger partial charge in [-0.2, -0.15) is 0 Å². The lowest BCUT2D eigenvalue weighted by molar-refractivity contribution is -0.121. The van der Waals surface area contributed by atoms with Crippen LogP contribution in [0.15, 0.2) is 53.5 Å². The SMILES string of the molecule is Cc1sc2c(c1C)C(c1ccc(Cl)cc1)=N[C@@H](CC(=O)NCC#Cc1ccc(C#CCN)cc1)c1nnc(C)n1-2.Cl. The fourth-order valence-electron chi connectivity index (χ4n) is 4.46. The zero-order valence-electron chi connectivity index (χ0n) is 22.8. The number of carbonyl (C=O) groups is 1. The molecule has 1 amide bonds. The number of rotatable bonds is 4. The molecule has 3 N–H and O–H groups in total. The maximum Gasteiger partial charge on any atom is 0.223 e. The van der Waals surface area contributed by atoms with Crippen LogP contribution in [0.2, 0.25) is 5.02 Å². The number of nitrogens with two attached hydrogens (primary N) is 1. The van der Waals surface area contributed by atoms with E-state index in [4.69, 9.17) is 22.3 Å². The fraction of sp³-hybridized carbons (Fsp3) is 0.226. The summed E-state index contributed by atoms with van der Waals surface area (Å²) in [5, 5.41) is 13.4. The van der Waals surface area contributed by atoms with Crippen LogP contribution in [0.5, 0.6) is 0 Å². The first-order valence-electron chi connectivity index (χ1n) is 12.8. The van der Waals surface area contributed by atoms with Crippen molar-refractivity contribution in [2.75, 3.05) is 13.1 Å². The highest BCUT2D eigenvalue weighted by atomic mass is 35.5. The highest BCUT2D eigenvalue weighted by Gasteiger charge is 2.32. The normalized spacial score (nSPS) is 13.2. The Kier molecular flexibility index (Phi) is 9.65. The van der Waals surface area contributed by atoms with E-state index in [1.807, 2.05) is 60.0 Å². The molecular weight excluding hydrogens is 575 g/mol. The summed E-state index contributed by atoms with van der Waals surface area (Å²) in [6.45, 7) is 6.65. The standard InChI is InChI=1S/C31H27ClN6OS.ClH/c1-19-20(2)40-31-28(19)29(24-12-14-25(32)15-13-24)35-26(30-37-36-21(3)38(30)31)18-27(39)34-17-5-7-23-10-8-22(9-11-23)6-4-16-33;/h8-15,26H,16-18,33H2,1-3H3,(H,34,39);1H/t26-;/m0./s1. The third-order valence-corrected chi connectivity index (χ3v) is 8.01. The molecule has 10 heteroatoms. The first kappa shape index (κ1) is 30.0. The van der Waals surface area contributed by atoms with Crippen LogP contribution in [-0.4, -0.2) is 39.5 Å². The van der Waals surface area contributed by atoms with Gasteiger partial charge in [-0.3, -0.25) is 14.4 Å². The van der Waals surface area contributed by atoms with Gasteiger partial charge in [-0.05, 0) is 62.7 Å². The maximum absolute atomic E-state index is 13.1. The molecule has 0 fully saturated rings. The van der Waals surface area contributed by atoms with Crippen molar-refractivity contribution in [3.8, 4) is 28.7 Å². The number of benzene rings is 2. The Morgan fingerprint density at radius 1 is 1.02 bits per heavy atom. The zero-order chi connectivity index (χ0) is 28.2. The number of fused-ring (bicyclic) bond motifs is 3. The van der Waals surface area contributed by atoms with E-state index >= 15 is 0 Å². The quantitative estimate of drug-likeness (QED) is 0.318. The number of carbonyl (C=O) groups excluding carboxylic acids is 1. The molecule has 0 spiro atoms. The van der Waals surface area contributed by atoms with Crippen molar-refractivity contribution in [2.24, 2.45) is 10.7 Å². The minimum absolute atomic E-state index is 0. The lowest BCUT2D eigenvalue weighted by Gasteiger charge is -2.12. The summed E-state index contributed by atoms with van der Waals surface area (Å²) < 4.78 is 2.03. The van der Waals surface area contributed by atoms with Crippen molar-refractivity contribution in [2.45, 2.75) is 33.2 Å². The first-order valence-corrected chi connectivity index (χ1v) is 14.0. The Balaban J connectivity index is 0.00000387. The molecule has 2 aromatic carbocycles. The van der Waals surface area contributed by atoms with Gasteiger partial charge >= 0.3 is 0 Å². The van der Waals surface area contributed by atoms with Crippen LogP contribution in [0, 0.1) is 44.5 Å². The molecule has 0 aliphatic carbocycles. The molecular formula is C31H28Cl2N6OS. The monoisotopic (exact) mass is 602 g/mol. The van der Waals surface area contributed by atoms with Gasteiger partial charge in [0.25, 0.3) is 0 Å².